The van der Waals surface area contributed by atoms with Crippen molar-refractivity contribution in [1.82, 2.24) is 4.98 Å². The molecule has 0 amide bonds. The monoisotopic (exact) mass is 256 g/mol. The SMILES string of the molecule is CC(Nc1ccc2c(c1)OCCO2)c1cccnc1. The summed E-state index contributed by atoms with van der Waals surface area (Å²) in [5.41, 5.74) is 2.16. The van der Waals surface area contributed by atoms with Gasteiger partial charge in [-0.15, -0.1) is 0 Å². The summed E-state index contributed by atoms with van der Waals surface area (Å²) in [5, 5.41) is 3.43. The van der Waals surface area contributed by atoms with Gasteiger partial charge >= 0.3 is 0 Å². The van der Waals surface area contributed by atoms with Crippen molar-refractivity contribution in [1.29, 1.82) is 0 Å². The molecule has 1 aliphatic heterocycles. The predicted octanol–water partition coefficient (Wildman–Crippen LogP) is 3.03. The molecule has 3 rings (SSSR count). The summed E-state index contributed by atoms with van der Waals surface area (Å²) in [5.74, 6) is 1.61. The van der Waals surface area contributed by atoms with Crippen molar-refractivity contribution in [2.45, 2.75) is 13.0 Å². The van der Waals surface area contributed by atoms with E-state index in [9.17, 15) is 0 Å². The second kappa shape index (κ2) is 5.18. The molecule has 1 aromatic heterocycles. The Labute approximate surface area is 112 Å². The van der Waals surface area contributed by atoms with Crippen molar-refractivity contribution in [3.8, 4) is 11.5 Å². The van der Waals surface area contributed by atoms with Gasteiger partial charge in [-0.2, -0.15) is 0 Å². The van der Waals surface area contributed by atoms with Crippen LogP contribution in [-0.2, 0) is 0 Å². The summed E-state index contributed by atoms with van der Waals surface area (Å²) in [4.78, 5) is 4.13. The number of ether oxygens (including phenoxy) is 2. The van der Waals surface area contributed by atoms with E-state index >= 15 is 0 Å². The third-order valence-corrected chi connectivity index (χ3v) is 3.11. The Kier molecular flexibility index (Phi) is 3.23. The van der Waals surface area contributed by atoms with Gasteiger partial charge in [-0.25, -0.2) is 0 Å². The average Bonchev–Trinajstić information content (AvgIpc) is 2.48. The van der Waals surface area contributed by atoms with Crippen LogP contribution in [0.4, 0.5) is 5.69 Å². The van der Waals surface area contributed by atoms with Gasteiger partial charge in [0.1, 0.15) is 13.2 Å². The Balaban J connectivity index is 1.76. The third-order valence-electron chi connectivity index (χ3n) is 3.11. The molecule has 2 heterocycles. The second-order valence-corrected chi connectivity index (χ2v) is 4.51. The molecule has 1 atom stereocenters. The smallest absolute Gasteiger partial charge is 0.163 e. The number of fused-ring (bicyclic) bond motifs is 1. The molecule has 0 spiro atoms. The average molecular weight is 256 g/mol. The minimum absolute atomic E-state index is 0.191. The predicted molar refractivity (Wildman–Crippen MR) is 73.7 cm³/mol. The summed E-state index contributed by atoms with van der Waals surface area (Å²) < 4.78 is 11.1. The molecule has 1 unspecified atom stereocenters. The van der Waals surface area contributed by atoms with Gasteiger partial charge in [0, 0.05) is 24.1 Å². The van der Waals surface area contributed by atoms with Crippen LogP contribution in [-0.4, -0.2) is 18.2 Å². The fraction of sp³-hybridized carbons (Fsp3) is 0.267. The number of rotatable bonds is 3. The zero-order chi connectivity index (χ0) is 13.1. The third kappa shape index (κ3) is 2.62. The number of nitrogens with zero attached hydrogens (tertiary/aromatic N) is 1. The molecule has 19 heavy (non-hydrogen) atoms. The molecule has 0 saturated heterocycles. The number of nitrogens with one attached hydrogen (secondary N) is 1. The van der Waals surface area contributed by atoms with Crippen LogP contribution in [0.25, 0.3) is 0 Å². The van der Waals surface area contributed by atoms with Gasteiger partial charge in [-0.05, 0) is 30.7 Å². The van der Waals surface area contributed by atoms with E-state index in [2.05, 4.69) is 23.3 Å². The molecular formula is C15H16N2O2. The number of hydrogen-bond acceptors (Lipinski definition) is 4. The first kappa shape index (κ1) is 11.8. The van der Waals surface area contributed by atoms with Crippen molar-refractivity contribution < 1.29 is 9.47 Å². The lowest BCUT2D eigenvalue weighted by Crippen LogP contribution is -2.15. The summed E-state index contributed by atoms with van der Waals surface area (Å²) in [6, 6.07) is 10.1. The molecule has 0 saturated carbocycles. The highest BCUT2D eigenvalue weighted by atomic mass is 16.6. The Bertz CT molecular complexity index is 557. The quantitative estimate of drug-likeness (QED) is 0.916. The number of aromatic nitrogens is 1. The van der Waals surface area contributed by atoms with Gasteiger partial charge in [-0.1, -0.05) is 6.07 Å². The molecule has 1 N–H and O–H groups in total. The van der Waals surface area contributed by atoms with Crippen LogP contribution in [0, 0.1) is 0 Å². The van der Waals surface area contributed by atoms with Gasteiger partial charge in [0.05, 0.1) is 6.04 Å². The summed E-state index contributed by atoms with van der Waals surface area (Å²) in [6.45, 7) is 3.33. The minimum Gasteiger partial charge on any atom is -0.486 e. The van der Waals surface area contributed by atoms with E-state index in [1.165, 1.54) is 0 Å². The van der Waals surface area contributed by atoms with Crippen molar-refractivity contribution in [3.63, 3.8) is 0 Å². The van der Waals surface area contributed by atoms with Crippen molar-refractivity contribution in [3.05, 3.63) is 48.3 Å². The van der Waals surface area contributed by atoms with Gasteiger partial charge in [-0.3, -0.25) is 4.98 Å². The standard InChI is InChI=1S/C15H16N2O2/c1-11(12-3-2-6-16-10-12)17-13-4-5-14-15(9-13)19-8-7-18-14/h2-6,9-11,17H,7-8H2,1H3. The normalized spacial score (nSPS) is 14.8. The van der Waals surface area contributed by atoms with Crippen LogP contribution in [0.5, 0.6) is 11.5 Å². The molecule has 1 aromatic carbocycles. The molecular weight excluding hydrogens is 240 g/mol. The molecule has 4 heteroatoms. The molecule has 4 nitrogen and oxygen atoms in total. The molecule has 0 fully saturated rings. The van der Waals surface area contributed by atoms with Crippen molar-refractivity contribution in [2.75, 3.05) is 18.5 Å². The first-order valence-corrected chi connectivity index (χ1v) is 6.39. The maximum atomic E-state index is 5.57. The fourth-order valence-electron chi connectivity index (χ4n) is 2.10. The van der Waals surface area contributed by atoms with Crippen LogP contribution in [0.15, 0.2) is 42.7 Å². The summed E-state index contributed by atoms with van der Waals surface area (Å²) in [7, 11) is 0. The highest BCUT2D eigenvalue weighted by Gasteiger charge is 2.12. The Morgan fingerprint density at radius 2 is 2.00 bits per heavy atom. The van der Waals surface area contributed by atoms with E-state index in [4.69, 9.17) is 9.47 Å². The second-order valence-electron chi connectivity index (χ2n) is 4.51. The number of hydrogen-bond donors (Lipinski definition) is 1. The van der Waals surface area contributed by atoms with Gasteiger partial charge in [0.15, 0.2) is 11.5 Å². The number of benzene rings is 1. The highest BCUT2D eigenvalue weighted by Crippen LogP contribution is 2.33. The fourth-order valence-corrected chi connectivity index (χ4v) is 2.10. The van der Waals surface area contributed by atoms with Crippen LogP contribution >= 0.6 is 0 Å². The van der Waals surface area contributed by atoms with E-state index in [0.717, 1.165) is 22.7 Å². The lowest BCUT2D eigenvalue weighted by molar-refractivity contribution is 0.171. The van der Waals surface area contributed by atoms with Crippen LogP contribution in [0.2, 0.25) is 0 Å². The molecule has 2 aromatic rings. The van der Waals surface area contributed by atoms with E-state index in [1.807, 2.05) is 30.5 Å². The Hall–Kier alpha value is -2.23. The van der Waals surface area contributed by atoms with E-state index in [0.29, 0.717) is 13.2 Å². The zero-order valence-electron chi connectivity index (χ0n) is 10.8. The largest absolute Gasteiger partial charge is 0.486 e. The van der Waals surface area contributed by atoms with Gasteiger partial charge in [0.2, 0.25) is 0 Å². The van der Waals surface area contributed by atoms with Gasteiger partial charge < -0.3 is 14.8 Å². The molecule has 1 aliphatic rings. The van der Waals surface area contributed by atoms with Crippen molar-refractivity contribution in [2.24, 2.45) is 0 Å². The molecule has 98 valence electrons. The Morgan fingerprint density at radius 1 is 1.16 bits per heavy atom. The van der Waals surface area contributed by atoms with E-state index in [1.54, 1.807) is 6.20 Å². The van der Waals surface area contributed by atoms with Crippen LogP contribution in [0.1, 0.15) is 18.5 Å². The summed E-state index contributed by atoms with van der Waals surface area (Å²) in [6.07, 6.45) is 3.65. The topological polar surface area (TPSA) is 43.4 Å². The van der Waals surface area contributed by atoms with E-state index in [-0.39, 0.29) is 6.04 Å². The number of anilines is 1. The lowest BCUT2D eigenvalue weighted by atomic mass is 10.1. The van der Waals surface area contributed by atoms with E-state index < -0.39 is 0 Å². The molecule has 0 aliphatic carbocycles. The molecule has 0 radical (unpaired) electrons. The molecule has 0 bridgehead atoms. The maximum absolute atomic E-state index is 5.57. The van der Waals surface area contributed by atoms with Gasteiger partial charge in [0.25, 0.3) is 0 Å². The maximum Gasteiger partial charge on any atom is 0.163 e. The first-order chi connectivity index (χ1) is 9.33. The number of pyridine rings is 1. The Morgan fingerprint density at radius 3 is 2.79 bits per heavy atom. The lowest BCUT2D eigenvalue weighted by Gasteiger charge is -2.21. The van der Waals surface area contributed by atoms with Crippen molar-refractivity contribution >= 4 is 5.69 Å². The highest BCUT2D eigenvalue weighted by molar-refractivity contribution is 5.56. The first-order valence-electron chi connectivity index (χ1n) is 6.39. The van der Waals surface area contributed by atoms with Crippen LogP contribution < -0.4 is 14.8 Å². The zero-order valence-corrected chi connectivity index (χ0v) is 10.8. The minimum atomic E-state index is 0.191. The summed E-state index contributed by atoms with van der Waals surface area (Å²) >= 11 is 0. The van der Waals surface area contributed by atoms with Crippen LogP contribution in [0.3, 0.4) is 0 Å².